The highest BCUT2D eigenvalue weighted by Crippen LogP contribution is 2.25. The van der Waals surface area contributed by atoms with Gasteiger partial charge in [-0.1, -0.05) is 58.3 Å². The van der Waals surface area contributed by atoms with Crippen LogP contribution < -0.4 is 0 Å². The molecule has 3 N–H and O–H groups in total. The predicted octanol–water partition coefficient (Wildman–Crippen LogP) is 2.06. The van der Waals surface area contributed by atoms with Gasteiger partial charge in [-0.2, -0.15) is 0 Å². The first kappa shape index (κ1) is 45.0. The van der Waals surface area contributed by atoms with Gasteiger partial charge in [0.25, 0.3) is 0 Å². The number of carbonyl (C=O) groups excluding carboxylic acids is 1. The van der Waals surface area contributed by atoms with Crippen molar-refractivity contribution in [3.05, 3.63) is 0 Å². The molecule has 4 atom stereocenters. The summed E-state index contributed by atoms with van der Waals surface area (Å²) in [6, 6.07) is 0. The zero-order chi connectivity index (χ0) is 34.8. The lowest BCUT2D eigenvalue weighted by Gasteiger charge is -2.29. The molecule has 0 aromatic carbocycles. The summed E-state index contributed by atoms with van der Waals surface area (Å²) in [6.45, 7) is 5.94. The van der Waals surface area contributed by atoms with E-state index in [1.165, 1.54) is 44.9 Å². The molecule has 0 aromatic rings. The molecule has 4 unspecified atom stereocenters. The van der Waals surface area contributed by atoms with Crippen molar-refractivity contribution in [3.63, 3.8) is 0 Å². The van der Waals surface area contributed by atoms with Crippen molar-refractivity contribution < 1.29 is 67.5 Å². The summed E-state index contributed by atoms with van der Waals surface area (Å²) in [5, 5.41) is 26.9. The van der Waals surface area contributed by atoms with Crippen molar-refractivity contribution in [2.24, 2.45) is 0 Å². The minimum atomic E-state index is -0.521. The number of rotatable bonds is 37. The third-order valence-corrected chi connectivity index (χ3v) is 7.50. The minimum Gasteiger partial charge on any atom is -0.463 e. The fourth-order valence-corrected chi connectivity index (χ4v) is 5.05. The van der Waals surface area contributed by atoms with Crippen molar-refractivity contribution in [2.45, 2.75) is 95.5 Å². The minimum absolute atomic E-state index is 0.0623. The van der Waals surface area contributed by atoms with Crippen LogP contribution in [0.1, 0.15) is 71.1 Å². The van der Waals surface area contributed by atoms with Crippen LogP contribution in [0, 0.1) is 0 Å². The Morgan fingerprint density at radius 2 is 1.15 bits per heavy atom. The van der Waals surface area contributed by atoms with E-state index in [1.807, 2.05) is 0 Å². The monoisotopic (exact) mass is 698 g/mol. The van der Waals surface area contributed by atoms with Crippen LogP contribution in [0.25, 0.3) is 0 Å². The highest BCUT2D eigenvalue weighted by Gasteiger charge is 2.44. The molecule has 1 aliphatic rings. The Hall–Kier alpha value is -1.01. The van der Waals surface area contributed by atoms with Crippen molar-refractivity contribution in [1.29, 1.82) is 0 Å². The maximum absolute atomic E-state index is 12.0. The van der Waals surface area contributed by atoms with Crippen LogP contribution in [0.2, 0.25) is 0 Å². The number of aliphatic hydroxyl groups is 3. The van der Waals surface area contributed by atoms with Gasteiger partial charge in [0.1, 0.15) is 31.0 Å². The smallest absolute Gasteiger partial charge is 0.305 e. The van der Waals surface area contributed by atoms with Crippen LogP contribution in [0.5, 0.6) is 0 Å². The molecule has 0 amide bonds. The van der Waals surface area contributed by atoms with E-state index in [0.29, 0.717) is 39.5 Å². The molecule has 1 rings (SSSR count). The molecular weight excluding hydrogens is 632 g/mol. The Labute approximate surface area is 287 Å². The van der Waals surface area contributed by atoms with Crippen LogP contribution in [0.4, 0.5) is 0 Å². The zero-order valence-corrected chi connectivity index (χ0v) is 29.4. The van der Waals surface area contributed by atoms with Crippen molar-refractivity contribution in [3.8, 4) is 0 Å². The zero-order valence-electron chi connectivity index (χ0n) is 29.4. The summed E-state index contributed by atoms with van der Waals surface area (Å²) in [6.07, 6.45) is 9.35. The molecule has 14 heteroatoms. The Kier molecular flexibility index (Phi) is 32.3. The van der Waals surface area contributed by atoms with Crippen molar-refractivity contribution in [1.82, 2.24) is 0 Å². The Bertz CT molecular complexity index is 688. The molecule has 0 aromatic heterocycles. The lowest BCUT2D eigenvalue weighted by atomic mass is 10.1. The number of hydrogen-bond acceptors (Lipinski definition) is 14. The quantitative estimate of drug-likeness (QED) is 0.0637. The van der Waals surface area contributed by atoms with Crippen LogP contribution in [-0.4, -0.2) is 165 Å². The van der Waals surface area contributed by atoms with E-state index in [1.54, 1.807) is 0 Å². The average Bonchev–Trinajstić information content (AvgIpc) is 3.49. The van der Waals surface area contributed by atoms with Crippen molar-refractivity contribution >= 4 is 5.97 Å². The summed E-state index contributed by atoms with van der Waals surface area (Å²) in [4.78, 5) is 12.0. The third-order valence-electron chi connectivity index (χ3n) is 7.50. The van der Waals surface area contributed by atoms with Crippen LogP contribution in [0.3, 0.4) is 0 Å². The van der Waals surface area contributed by atoms with Gasteiger partial charge in [0.15, 0.2) is 0 Å². The molecule has 1 heterocycles. The lowest BCUT2D eigenvalue weighted by Crippen LogP contribution is -2.46. The van der Waals surface area contributed by atoms with Gasteiger partial charge in [0.05, 0.1) is 112 Å². The number of ether oxygens (including phenoxy) is 10. The molecule has 48 heavy (non-hydrogen) atoms. The molecule has 14 nitrogen and oxygen atoms in total. The predicted molar refractivity (Wildman–Crippen MR) is 177 cm³/mol. The molecule has 0 spiro atoms. The van der Waals surface area contributed by atoms with Gasteiger partial charge in [-0.25, -0.2) is 0 Å². The second kappa shape index (κ2) is 34.4. The van der Waals surface area contributed by atoms with Gasteiger partial charge in [-0.15, -0.1) is 0 Å². The molecule has 286 valence electrons. The summed E-state index contributed by atoms with van der Waals surface area (Å²) in [5.74, 6) is -0.186. The normalized spacial score (nSPS) is 18.5. The fourth-order valence-electron chi connectivity index (χ4n) is 5.05. The first-order valence-corrected chi connectivity index (χ1v) is 18.0. The maximum Gasteiger partial charge on any atom is 0.305 e. The van der Waals surface area contributed by atoms with E-state index in [0.717, 1.165) is 12.8 Å². The highest BCUT2D eigenvalue weighted by atomic mass is 16.6. The van der Waals surface area contributed by atoms with Crippen molar-refractivity contribution in [2.75, 3.05) is 119 Å². The number of aliphatic hydroxyl groups excluding tert-OH is 3. The first-order valence-electron chi connectivity index (χ1n) is 18.0. The molecule has 0 bridgehead atoms. The van der Waals surface area contributed by atoms with E-state index in [9.17, 15) is 4.79 Å². The van der Waals surface area contributed by atoms with E-state index in [-0.39, 0.29) is 91.9 Å². The SMILES string of the molecule is CCCCCCCCCCCC(=O)OCCOCCOCC(OCCOCCO)C1OCC(OCCOCCO)C1OCCOCCO. The van der Waals surface area contributed by atoms with Gasteiger partial charge in [-0.05, 0) is 6.42 Å². The van der Waals surface area contributed by atoms with Gasteiger partial charge in [0, 0.05) is 6.42 Å². The van der Waals surface area contributed by atoms with Crippen LogP contribution in [0.15, 0.2) is 0 Å². The van der Waals surface area contributed by atoms with E-state index in [4.69, 9.17) is 62.7 Å². The molecule has 0 aliphatic carbocycles. The Balaban J connectivity index is 2.41. The third kappa shape index (κ3) is 25.0. The number of hydrogen-bond donors (Lipinski definition) is 3. The standard InChI is InChI=1S/C34H66O14/c1-2-3-4-5-6-7-8-9-10-11-32(38)46-26-22-42-18-19-43-28-30(44-24-20-39-15-12-35)34-33(47-27-23-41-17-14-37)31(29-48-34)45-25-21-40-16-13-36/h30-31,33-37H,2-29H2,1H3. The van der Waals surface area contributed by atoms with Crippen LogP contribution >= 0.6 is 0 Å². The number of unbranched alkanes of at least 4 members (excludes halogenated alkanes) is 8. The van der Waals surface area contributed by atoms with Gasteiger partial charge in [0.2, 0.25) is 0 Å². The van der Waals surface area contributed by atoms with E-state index in [2.05, 4.69) is 6.92 Å². The molecular formula is C34H66O14. The van der Waals surface area contributed by atoms with Gasteiger partial charge >= 0.3 is 5.97 Å². The molecule has 1 aliphatic heterocycles. The maximum atomic E-state index is 12.0. The van der Waals surface area contributed by atoms with E-state index >= 15 is 0 Å². The molecule has 0 saturated carbocycles. The average molecular weight is 699 g/mol. The number of esters is 1. The Morgan fingerprint density at radius 3 is 1.79 bits per heavy atom. The fraction of sp³-hybridized carbons (Fsp3) is 0.971. The second-order valence-corrected chi connectivity index (χ2v) is 11.4. The summed E-state index contributed by atoms with van der Waals surface area (Å²) in [5.41, 5.74) is 0. The summed E-state index contributed by atoms with van der Waals surface area (Å²) in [7, 11) is 0. The lowest BCUT2D eigenvalue weighted by molar-refractivity contribution is -0.146. The van der Waals surface area contributed by atoms with Gasteiger partial charge in [-0.3, -0.25) is 4.79 Å². The second-order valence-electron chi connectivity index (χ2n) is 11.4. The topological polar surface area (TPSA) is 170 Å². The highest BCUT2D eigenvalue weighted by molar-refractivity contribution is 5.69. The van der Waals surface area contributed by atoms with Crippen LogP contribution in [-0.2, 0) is 52.2 Å². The molecule has 1 fully saturated rings. The first-order chi connectivity index (χ1) is 23.7. The number of carbonyl (C=O) groups is 1. The molecule has 0 radical (unpaired) electrons. The summed E-state index contributed by atoms with van der Waals surface area (Å²) < 4.78 is 57.0. The van der Waals surface area contributed by atoms with E-state index < -0.39 is 24.4 Å². The van der Waals surface area contributed by atoms with Gasteiger partial charge < -0.3 is 62.7 Å². The Morgan fingerprint density at radius 1 is 0.625 bits per heavy atom. The summed E-state index contributed by atoms with van der Waals surface area (Å²) >= 11 is 0. The molecule has 1 saturated heterocycles. The largest absolute Gasteiger partial charge is 0.463 e.